The minimum atomic E-state index is 0.138. The molecular formula is C17H29N3. The Hall–Kier alpha value is -0.900. The predicted octanol–water partition coefficient (Wildman–Crippen LogP) is 3.02. The van der Waals surface area contributed by atoms with Crippen LogP contribution in [0, 0.1) is 0 Å². The van der Waals surface area contributed by atoms with Gasteiger partial charge in [-0.15, -0.1) is 0 Å². The Kier molecular flexibility index (Phi) is 5.19. The van der Waals surface area contributed by atoms with Crippen LogP contribution in [0.25, 0.3) is 0 Å². The number of hydrogen-bond donors (Lipinski definition) is 2. The number of nitrogens with one attached hydrogen (secondary N) is 1. The Bertz CT molecular complexity index is 422. The largest absolute Gasteiger partial charge is 0.302 e. The molecule has 3 heteroatoms. The number of nitrogens with zero attached hydrogens (tertiary/aromatic N) is 1. The van der Waals surface area contributed by atoms with Gasteiger partial charge in [0.2, 0.25) is 0 Å². The molecule has 0 bridgehead atoms. The molecule has 0 spiro atoms. The quantitative estimate of drug-likeness (QED) is 0.641. The first-order chi connectivity index (χ1) is 9.64. The Morgan fingerprint density at radius 2 is 1.95 bits per heavy atom. The van der Waals surface area contributed by atoms with Crippen molar-refractivity contribution in [2.45, 2.75) is 57.0 Å². The lowest BCUT2D eigenvalue weighted by molar-refractivity contribution is 0.0564. The van der Waals surface area contributed by atoms with Crippen LogP contribution < -0.4 is 11.3 Å². The maximum absolute atomic E-state index is 5.97. The highest BCUT2D eigenvalue weighted by Crippen LogP contribution is 2.41. The minimum Gasteiger partial charge on any atom is -0.302 e. The topological polar surface area (TPSA) is 41.3 Å². The van der Waals surface area contributed by atoms with E-state index in [-0.39, 0.29) is 11.6 Å². The molecule has 1 unspecified atom stereocenters. The second kappa shape index (κ2) is 6.70. The Morgan fingerprint density at radius 1 is 1.25 bits per heavy atom. The zero-order valence-corrected chi connectivity index (χ0v) is 13.2. The lowest BCUT2D eigenvalue weighted by atomic mass is 9.73. The molecule has 1 aliphatic rings. The summed E-state index contributed by atoms with van der Waals surface area (Å²) in [4.78, 5) is 2.38. The van der Waals surface area contributed by atoms with Gasteiger partial charge in [0.15, 0.2) is 0 Å². The smallest absolute Gasteiger partial charge is 0.0643 e. The molecule has 0 radical (unpaired) electrons. The van der Waals surface area contributed by atoms with Crippen molar-refractivity contribution in [1.29, 1.82) is 0 Å². The van der Waals surface area contributed by atoms with Gasteiger partial charge in [-0.05, 0) is 44.5 Å². The molecule has 0 amide bonds. The highest BCUT2D eigenvalue weighted by molar-refractivity contribution is 5.29. The Balaban J connectivity index is 2.37. The van der Waals surface area contributed by atoms with Crippen molar-refractivity contribution in [2.24, 2.45) is 5.84 Å². The van der Waals surface area contributed by atoms with Gasteiger partial charge in [0, 0.05) is 5.54 Å². The molecule has 112 valence electrons. The van der Waals surface area contributed by atoms with Crippen LogP contribution in [-0.2, 0) is 6.42 Å². The number of aryl methyl sites for hydroxylation is 1. The van der Waals surface area contributed by atoms with Crippen molar-refractivity contribution in [1.82, 2.24) is 10.3 Å². The fourth-order valence-corrected chi connectivity index (χ4v) is 3.71. The van der Waals surface area contributed by atoms with E-state index >= 15 is 0 Å². The van der Waals surface area contributed by atoms with Crippen molar-refractivity contribution in [3.8, 4) is 0 Å². The Morgan fingerprint density at radius 3 is 2.50 bits per heavy atom. The standard InChI is InChI=1S/C17H29N3/c1-4-14-9-8-10-15(13-14)16(19-18)17(20(2)3)11-6-5-7-12-17/h8-10,13,16,19H,4-7,11-12,18H2,1-3H3. The molecule has 1 aromatic rings. The number of rotatable bonds is 5. The van der Waals surface area contributed by atoms with Crippen LogP contribution in [0.5, 0.6) is 0 Å². The van der Waals surface area contributed by atoms with Crippen molar-refractivity contribution in [2.75, 3.05) is 14.1 Å². The molecule has 0 aromatic heterocycles. The number of likely N-dealkylation sites (N-methyl/N-ethyl adjacent to an activating group) is 1. The second-order valence-electron chi connectivity index (χ2n) is 6.26. The third-order valence-electron chi connectivity index (χ3n) is 5.01. The van der Waals surface area contributed by atoms with Crippen LogP contribution in [0.1, 0.15) is 56.2 Å². The monoisotopic (exact) mass is 275 g/mol. The van der Waals surface area contributed by atoms with Crippen molar-refractivity contribution < 1.29 is 0 Å². The van der Waals surface area contributed by atoms with Gasteiger partial charge in [0.1, 0.15) is 0 Å². The molecular weight excluding hydrogens is 246 g/mol. The van der Waals surface area contributed by atoms with Gasteiger partial charge >= 0.3 is 0 Å². The zero-order valence-electron chi connectivity index (χ0n) is 13.2. The van der Waals surface area contributed by atoms with E-state index in [0.29, 0.717) is 0 Å². The average Bonchev–Trinajstić information content (AvgIpc) is 2.49. The van der Waals surface area contributed by atoms with Gasteiger partial charge in [-0.3, -0.25) is 11.3 Å². The number of nitrogens with two attached hydrogens (primary N) is 1. The van der Waals surface area contributed by atoms with Gasteiger partial charge < -0.3 is 4.90 Å². The summed E-state index contributed by atoms with van der Waals surface area (Å²) >= 11 is 0. The highest BCUT2D eigenvalue weighted by Gasteiger charge is 2.42. The summed E-state index contributed by atoms with van der Waals surface area (Å²) in [6, 6.07) is 9.07. The molecule has 3 N–H and O–H groups in total. The van der Waals surface area contributed by atoms with Gasteiger partial charge in [-0.1, -0.05) is 50.5 Å². The highest BCUT2D eigenvalue weighted by atomic mass is 15.3. The third kappa shape index (κ3) is 2.90. The first-order valence-corrected chi connectivity index (χ1v) is 7.86. The second-order valence-corrected chi connectivity index (χ2v) is 6.26. The SMILES string of the molecule is CCc1cccc(C(NN)C2(N(C)C)CCCCC2)c1. The molecule has 0 heterocycles. The van der Waals surface area contributed by atoms with Crippen molar-refractivity contribution >= 4 is 0 Å². The van der Waals surface area contributed by atoms with E-state index in [2.05, 4.69) is 55.6 Å². The van der Waals surface area contributed by atoms with Gasteiger partial charge in [-0.2, -0.15) is 0 Å². The van der Waals surface area contributed by atoms with Crippen molar-refractivity contribution in [3.05, 3.63) is 35.4 Å². The van der Waals surface area contributed by atoms with Crippen LogP contribution in [0.15, 0.2) is 24.3 Å². The summed E-state index contributed by atoms with van der Waals surface area (Å²) in [5.74, 6) is 5.97. The van der Waals surface area contributed by atoms with E-state index in [0.717, 1.165) is 6.42 Å². The van der Waals surface area contributed by atoms with Gasteiger partial charge in [0.05, 0.1) is 6.04 Å². The summed E-state index contributed by atoms with van der Waals surface area (Å²) in [5.41, 5.74) is 5.96. The molecule has 0 saturated heterocycles. The van der Waals surface area contributed by atoms with E-state index in [4.69, 9.17) is 5.84 Å². The maximum atomic E-state index is 5.97. The van der Waals surface area contributed by atoms with Crippen LogP contribution in [0.2, 0.25) is 0 Å². The molecule has 2 rings (SSSR count). The molecule has 3 nitrogen and oxygen atoms in total. The summed E-state index contributed by atoms with van der Waals surface area (Å²) in [5, 5.41) is 0. The molecule has 1 atom stereocenters. The molecule has 20 heavy (non-hydrogen) atoms. The van der Waals surface area contributed by atoms with E-state index in [1.807, 2.05) is 0 Å². The van der Waals surface area contributed by atoms with E-state index in [9.17, 15) is 0 Å². The van der Waals surface area contributed by atoms with Crippen molar-refractivity contribution in [3.63, 3.8) is 0 Å². The lowest BCUT2D eigenvalue weighted by Crippen LogP contribution is -2.56. The molecule has 1 aromatic carbocycles. The molecule has 0 aliphatic heterocycles. The lowest BCUT2D eigenvalue weighted by Gasteiger charge is -2.48. The van der Waals surface area contributed by atoms with E-state index in [1.54, 1.807) is 0 Å². The predicted molar refractivity (Wildman–Crippen MR) is 85.4 cm³/mol. The zero-order chi connectivity index (χ0) is 14.6. The summed E-state index contributed by atoms with van der Waals surface area (Å²) in [6.45, 7) is 2.20. The van der Waals surface area contributed by atoms with E-state index in [1.165, 1.54) is 43.2 Å². The van der Waals surface area contributed by atoms with Crippen LogP contribution in [0.3, 0.4) is 0 Å². The fraction of sp³-hybridized carbons (Fsp3) is 0.647. The minimum absolute atomic E-state index is 0.138. The molecule has 1 saturated carbocycles. The van der Waals surface area contributed by atoms with Crippen LogP contribution >= 0.6 is 0 Å². The van der Waals surface area contributed by atoms with Gasteiger partial charge in [0.25, 0.3) is 0 Å². The third-order valence-corrected chi connectivity index (χ3v) is 5.01. The summed E-state index contributed by atoms with van der Waals surface area (Å²) in [7, 11) is 4.39. The number of hydrazine groups is 1. The average molecular weight is 275 g/mol. The van der Waals surface area contributed by atoms with Gasteiger partial charge in [-0.25, -0.2) is 0 Å². The van der Waals surface area contributed by atoms with Crippen LogP contribution in [0.4, 0.5) is 0 Å². The first kappa shape index (κ1) is 15.5. The van der Waals surface area contributed by atoms with E-state index < -0.39 is 0 Å². The summed E-state index contributed by atoms with van der Waals surface area (Å²) < 4.78 is 0. The summed E-state index contributed by atoms with van der Waals surface area (Å²) in [6.07, 6.45) is 7.44. The number of benzene rings is 1. The number of hydrogen-bond acceptors (Lipinski definition) is 3. The van der Waals surface area contributed by atoms with Crippen LogP contribution in [-0.4, -0.2) is 24.5 Å². The Labute approximate surface area is 123 Å². The fourth-order valence-electron chi connectivity index (χ4n) is 3.71. The molecule has 1 fully saturated rings. The maximum Gasteiger partial charge on any atom is 0.0643 e. The normalized spacial score (nSPS) is 20.1. The molecule has 1 aliphatic carbocycles. The first-order valence-electron chi connectivity index (χ1n) is 7.86.